The molecule has 1 N–H and O–H groups in total. The lowest BCUT2D eigenvalue weighted by molar-refractivity contribution is 0.0310. The fraction of sp³-hybridized carbons (Fsp3) is 0.723. The van der Waals surface area contributed by atoms with Gasteiger partial charge >= 0.3 is 0 Å². The maximum atomic E-state index is 9.58. The van der Waals surface area contributed by atoms with Gasteiger partial charge in [-0.25, -0.2) is 4.98 Å². The van der Waals surface area contributed by atoms with Crippen molar-refractivity contribution in [3.05, 3.63) is 60.2 Å². The molecule has 0 spiro atoms. The molecule has 6 heterocycles. The van der Waals surface area contributed by atoms with E-state index in [9.17, 15) is 5.11 Å². The third-order valence-electron chi connectivity index (χ3n) is 9.88. The lowest BCUT2D eigenvalue weighted by Crippen LogP contribution is -2.60. The van der Waals surface area contributed by atoms with Gasteiger partial charge in [0.05, 0.1) is 17.5 Å². The normalized spacial score (nSPS) is 18.3. The second-order valence-corrected chi connectivity index (χ2v) is 13.8. The molecule has 8 heteroatoms. The van der Waals surface area contributed by atoms with Gasteiger partial charge in [0.1, 0.15) is 5.82 Å². The van der Waals surface area contributed by atoms with Crippen molar-refractivity contribution < 1.29 is 5.11 Å². The molecule has 2 aromatic rings. The number of hydrogen-bond acceptors (Lipinski definition) is 8. The summed E-state index contributed by atoms with van der Waals surface area (Å²) in [7, 11) is 0. The smallest absolute Gasteiger partial charge is 0.128 e. The van der Waals surface area contributed by atoms with E-state index in [0.29, 0.717) is 13.1 Å². The molecule has 4 saturated heterocycles. The predicted octanol–water partition coefficient (Wildman–Crippen LogP) is 11.1. The first-order valence-corrected chi connectivity index (χ1v) is 22.4. The zero-order chi connectivity index (χ0) is 42.2. The van der Waals surface area contributed by atoms with Gasteiger partial charge in [-0.05, 0) is 129 Å². The number of aryl methyl sites for hydroxylation is 2. The largest absolute Gasteiger partial charge is 0.386 e. The Hall–Kier alpha value is -2.81. The number of β-amino-alcohol motifs (C(OH)–C–C–N with tert-alkyl or cyclic N) is 1. The standard InChI is InChI=1S/C15H23N3.C11H16N2O.C8H17N.C5H9N.4C2H6/c1-2-13-6-5-7-15(16-13)18-11-8-14(12-18)17-9-3-4-10-17;1-3-9-4-5-10(6-12-9)13-7-11(2,14)8-13;1-3-8(2)9-6-4-5-7-9;1-4-5(2)6-3;4*1-2/h5-7,14H,2-4,8-12H2,1H3;4-6,14H,3,7-8H2,1-2H3;8H,3-7H2,1-2H3;2-4H2,1H3;4*1-2H3. The molecule has 8 nitrogen and oxygen atoms in total. The molecule has 318 valence electrons. The average Bonchev–Trinajstić information content (AvgIpc) is 4.08. The zero-order valence-electron chi connectivity index (χ0n) is 38.6. The van der Waals surface area contributed by atoms with Crippen LogP contribution in [0.1, 0.15) is 153 Å². The number of hydrogen-bond donors (Lipinski definition) is 1. The number of nitrogens with zero attached hydrogens (tertiary/aromatic N) is 7. The molecule has 0 bridgehead atoms. The summed E-state index contributed by atoms with van der Waals surface area (Å²) in [4.78, 5) is 22.5. The first kappa shape index (κ1) is 54.3. The molecular formula is C47H89N7O. The molecule has 4 fully saturated rings. The summed E-state index contributed by atoms with van der Waals surface area (Å²) in [6.45, 7) is 44.6. The first-order valence-electron chi connectivity index (χ1n) is 22.4. The topological polar surface area (TPSA) is 71.3 Å². The number of rotatable bonds is 9. The van der Waals surface area contributed by atoms with E-state index in [1.165, 1.54) is 89.3 Å². The van der Waals surface area contributed by atoms with Crippen molar-refractivity contribution in [3.63, 3.8) is 0 Å². The number of aromatic nitrogens is 2. The predicted molar refractivity (Wildman–Crippen MR) is 246 cm³/mol. The van der Waals surface area contributed by atoms with E-state index in [1.807, 2.05) is 81.5 Å². The van der Waals surface area contributed by atoms with Gasteiger partial charge in [0.15, 0.2) is 0 Å². The van der Waals surface area contributed by atoms with Gasteiger partial charge in [0, 0.05) is 55.3 Å². The number of likely N-dealkylation sites (tertiary alicyclic amines) is 2. The Morgan fingerprint density at radius 2 is 1.38 bits per heavy atom. The minimum Gasteiger partial charge on any atom is -0.386 e. The molecule has 0 saturated carbocycles. The van der Waals surface area contributed by atoms with Crippen LogP contribution in [-0.4, -0.2) is 102 Å². The summed E-state index contributed by atoms with van der Waals surface area (Å²) >= 11 is 0. The van der Waals surface area contributed by atoms with Crippen molar-refractivity contribution in [2.45, 2.75) is 172 Å². The Morgan fingerprint density at radius 1 is 0.818 bits per heavy atom. The third kappa shape index (κ3) is 21.3. The second-order valence-electron chi connectivity index (χ2n) is 13.8. The molecule has 0 aromatic carbocycles. The summed E-state index contributed by atoms with van der Waals surface area (Å²) in [5.41, 5.74) is 3.77. The lowest BCUT2D eigenvalue weighted by atomic mass is 9.96. The fourth-order valence-electron chi connectivity index (χ4n) is 6.52. The number of anilines is 2. The van der Waals surface area contributed by atoms with Crippen LogP contribution in [0, 0.1) is 0 Å². The summed E-state index contributed by atoms with van der Waals surface area (Å²) in [5.74, 6) is 1.18. The lowest BCUT2D eigenvalue weighted by Gasteiger charge is -2.45. The van der Waals surface area contributed by atoms with Crippen LogP contribution in [-0.2, 0) is 12.8 Å². The first-order chi connectivity index (χ1) is 26.6. The van der Waals surface area contributed by atoms with Crippen LogP contribution >= 0.6 is 0 Å². The maximum absolute atomic E-state index is 9.58. The van der Waals surface area contributed by atoms with E-state index in [2.05, 4.69) is 94.8 Å². The Balaban J connectivity index is 0. The van der Waals surface area contributed by atoms with Crippen molar-refractivity contribution in [2.24, 2.45) is 4.99 Å². The maximum Gasteiger partial charge on any atom is 0.128 e. The van der Waals surface area contributed by atoms with Crippen LogP contribution in [0.4, 0.5) is 11.5 Å². The minimum absolute atomic E-state index is 0.510. The molecule has 4 aliphatic heterocycles. The van der Waals surface area contributed by atoms with Gasteiger partial charge in [0.2, 0.25) is 0 Å². The van der Waals surface area contributed by atoms with Gasteiger partial charge in [-0.3, -0.25) is 14.9 Å². The Labute approximate surface area is 341 Å². The van der Waals surface area contributed by atoms with Crippen LogP contribution in [0.3, 0.4) is 0 Å². The Bertz CT molecular complexity index is 1180. The van der Waals surface area contributed by atoms with Crippen molar-refractivity contribution in [1.29, 1.82) is 0 Å². The molecule has 55 heavy (non-hydrogen) atoms. The van der Waals surface area contributed by atoms with Crippen LogP contribution in [0.25, 0.3) is 0 Å². The van der Waals surface area contributed by atoms with Crippen LogP contribution < -0.4 is 9.80 Å². The highest BCUT2D eigenvalue weighted by molar-refractivity contribution is 5.48. The van der Waals surface area contributed by atoms with E-state index in [1.54, 1.807) is 0 Å². The van der Waals surface area contributed by atoms with Crippen molar-refractivity contribution in [2.75, 3.05) is 62.2 Å². The summed E-state index contributed by atoms with van der Waals surface area (Å²) in [6, 6.07) is 12.1. The van der Waals surface area contributed by atoms with E-state index in [0.717, 1.165) is 48.4 Å². The van der Waals surface area contributed by atoms with Crippen molar-refractivity contribution in [1.82, 2.24) is 19.8 Å². The number of allylic oxidation sites excluding steroid dienone is 1. The monoisotopic (exact) mass is 768 g/mol. The fourth-order valence-corrected chi connectivity index (χ4v) is 6.52. The van der Waals surface area contributed by atoms with E-state index < -0.39 is 5.60 Å². The molecule has 6 rings (SSSR count). The Kier molecular flexibility index (Phi) is 32.9. The van der Waals surface area contributed by atoms with E-state index in [4.69, 9.17) is 4.98 Å². The zero-order valence-corrected chi connectivity index (χ0v) is 38.6. The van der Waals surface area contributed by atoms with E-state index >= 15 is 0 Å². The highest BCUT2D eigenvalue weighted by Crippen LogP contribution is 2.27. The minimum atomic E-state index is -0.510. The molecule has 4 aliphatic rings. The van der Waals surface area contributed by atoms with Gasteiger partial charge in [0.25, 0.3) is 0 Å². The van der Waals surface area contributed by atoms with Gasteiger partial charge in [-0.15, -0.1) is 0 Å². The van der Waals surface area contributed by atoms with Crippen molar-refractivity contribution >= 4 is 18.2 Å². The molecule has 0 amide bonds. The highest BCUT2D eigenvalue weighted by Gasteiger charge is 2.36. The Morgan fingerprint density at radius 3 is 1.82 bits per heavy atom. The molecule has 2 atom stereocenters. The van der Waals surface area contributed by atoms with Gasteiger partial charge in [-0.2, -0.15) is 0 Å². The second kappa shape index (κ2) is 33.3. The summed E-state index contributed by atoms with van der Waals surface area (Å²) in [5, 5.41) is 9.58. The molecular weight excluding hydrogens is 679 g/mol. The summed E-state index contributed by atoms with van der Waals surface area (Å²) < 4.78 is 0. The van der Waals surface area contributed by atoms with Crippen LogP contribution in [0.15, 0.2) is 53.8 Å². The number of aliphatic hydroxyl groups is 1. The molecule has 2 unspecified atom stereocenters. The third-order valence-corrected chi connectivity index (χ3v) is 9.88. The number of aliphatic imine (C=N–C) groups is 1. The molecule has 0 radical (unpaired) electrons. The quantitative estimate of drug-likeness (QED) is 0.255. The van der Waals surface area contributed by atoms with Crippen LogP contribution in [0.5, 0.6) is 0 Å². The highest BCUT2D eigenvalue weighted by atomic mass is 16.3. The average molecular weight is 768 g/mol. The molecule has 2 aromatic heterocycles. The summed E-state index contributed by atoms with van der Waals surface area (Å²) in [6.07, 6.45) is 13.0. The molecule has 0 aliphatic carbocycles. The number of pyridine rings is 2. The SMILES string of the molecule is C=NC(=C)CC.CC.CC.CC.CC.CCC(C)N1CCCC1.CCc1ccc(N2CC(C)(O)C2)cn1.CCc1cccc(N2CCC(N3CCCC3)C2)n1. The van der Waals surface area contributed by atoms with Crippen LogP contribution in [0.2, 0.25) is 0 Å². The van der Waals surface area contributed by atoms with Gasteiger partial charge in [-0.1, -0.05) is 95.7 Å². The van der Waals surface area contributed by atoms with Crippen molar-refractivity contribution in [3.8, 4) is 0 Å². The van der Waals surface area contributed by atoms with E-state index in [-0.39, 0.29) is 0 Å². The van der Waals surface area contributed by atoms with Gasteiger partial charge < -0.3 is 19.8 Å².